The number of likely N-dealkylation sites (tertiary alicyclic amines) is 2. The van der Waals surface area contributed by atoms with Crippen LogP contribution in [0.2, 0.25) is 0 Å². The average Bonchev–Trinajstić information content (AvgIpc) is 2.87. The lowest BCUT2D eigenvalue weighted by Crippen LogP contribution is -2.38. The fourth-order valence-electron chi connectivity index (χ4n) is 4.34. The summed E-state index contributed by atoms with van der Waals surface area (Å²) in [6, 6.07) is 17.4. The summed E-state index contributed by atoms with van der Waals surface area (Å²) in [4.78, 5) is 28.9. The second-order valence-corrected chi connectivity index (χ2v) is 8.70. The van der Waals surface area contributed by atoms with Crippen molar-refractivity contribution in [1.82, 2.24) is 9.80 Å². The molecule has 2 aromatic rings. The molecule has 2 aromatic carbocycles. The highest BCUT2D eigenvalue weighted by Gasteiger charge is 2.22. The Morgan fingerprint density at radius 3 is 2.22 bits per heavy atom. The molecule has 5 nitrogen and oxygen atoms in total. The van der Waals surface area contributed by atoms with Crippen molar-refractivity contribution in [3.8, 4) is 5.75 Å². The Morgan fingerprint density at radius 2 is 1.53 bits per heavy atom. The van der Waals surface area contributed by atoms with Gasteiger partial charge in [0.15, 0.2) is 0 Å². The zero-order valence-corrected chi connectivity index (χ0v) is 18.6. The molecule has 0 saturated carbocycles. The molecule has 0 radical (unpaired) electrons. The van der Waals surface area contributed by atoms with E-state index in [0.29, 0.717) is 12.5 Å². The van der Waals surface area contributed by atoms with Gasteiger partial charge in [0.2, 0.25) is 5.91 Å². The van der Waals surface area contributed by atoms with Crippen LogP contribution in [0.3, 0.4) is 0 Å². The molecule has 2 aliphatic rings. The highest BCUT2D eigenvalue weighted by Crippen LogP contribution is 2.21. The van der Waals surface area contributed by atoms with Crippen LogP contribution in [0.25, 0.3) is 6.08 Å². The van der Waals surface area contributed by atoms with Gasteiger partial charge in [-0.15, -0.1) is 0 Å². The van der Waals surface area contributed by atoms with Crippen LogP contribution in [-0.2, 0) is 4.79 Å². The van der Waals surface area contributed by atoms with Gasteiger partial charge in [-0.2, -0.15) is 0 Å². The lowest BCUT2D eigenvalue weighted by atomic mass is 9.97. The maximum atomic E-state index is 12.6. The van der Waals surface area contributed by atoms with E-state index in [1.165, 1.54) is 6.42 Å². The van der Waals surface area contributed by atoms with E-state index in [0.717, 1.165) is 68.7 Å². The van der Waals surface area contributed by atoms with Gasteiger partial charge in [-0.25, -0.2) is 0 Å². The zero-order chi connectivity index (χ0) is 22.2. The monoisotopic (exact) mass is 432 g/mol. The van der Waals surface area contributed by atoms with Crippen LogP contribution >= 0.6 is 0 Å². The molecule has 0 unspecified atom stereocenters. The molecule has 4 rings (SSSR count). The average molecular weight is 433 g/mol. The molecule has 168 valence electrons. The summed E-state index contributed by atoms with van der Waals surface area (Å²) < 4.78 is 5.98. The summed E-state index contributed by atoms with van der Waals surface area (Å²) in [7, 11) is 0. The smallest absolute Gasteiger partial charge is 0.253 e. The minimum atomic E-state index is 0.0715. The minimum absolute atomic E-state index is 0.0715. The van der Waals surface area contributed by atoms with Gasteiger partial charge in [-0.1, -0.05) is 30.3 Å². The number of benzene rings is 2. The van der Waals surface area contributed by atoms with E-state index in [-0.39, 0.29) is 11.8 Å². The van der Waals surface area contributed by atoms with Gasteiger partial charge < -0.3 is 14.5 Å². The van der Waals surface area contributed by atoms with E-state index in [1.54, 1.807) is 6.08 Å². The molecular weight excluding hydrogens is 400 g/mol. The first-order chi connectivity index (χ1) is 15.7. The van der Waals surface area contributed by atoms with Gasteiger partial charge in [0.1, 0.15) is 5.75 Å². The molecule has 0 N–H and O–H groups in total. The number of ether oxygens (including phenoxy) is 1. The molecule has 0 aliphatic carbocycles. The molecule has 0 bridgehead atoms. The van der Waals surface area contributed by atoms with Crippen molar-refractivity contribution < 1.29 is 14.3 Å². The van der Waals surface area contributed by atoms with Gasteiger partial charge in [0, 0.05) is 37.8 Å². The van der Waals surface area contributed by atoms with Crippen molar-refractivity contribution >= 4 is 17.9 Å². The Labute approximate surface area is 190 Å². The Balaban J connectivity index is 1.20. The quantitative estimate of drug-likeness (QED) is 0.625. The normalized spacial score (nSPS) is 17.5. The largest absolute Gasteiger partial charge is 0.493 e. The molecule has 2 aliphatic heterocycles. The van der Waals surface area contributed by atoms with E-state index in [2.05, 4.69) is 0 Å². The highest BCUT2D eigenvalue weighted by atomic mass is 16.5. The van der Waals surface area contributed by atoms with Crippen LogP contribution in [0, 0.1) is 5.92 Å². The molecule has 0 aromatic heterocycles. The van der Waals surface area contributed by atoms with Crippen molar-refractivity contribution in [2.75, 3.05) is 32.8 Å². The Hall–Kier alpha value is -3.08. The number of piperidine rings is 2. The van der Waals surface area contributed by atoms with E-state index >= 15 is 0 Å². The fraction of sp³-hybridized carbons (Fsp3) is 0.407. The van der Waals surface area contributed by atoms with Crippen molar-refractivity contribution in [1.29, 1.82) is 0 Å². The SMILES string of the molecule is O=C(/C=C/c1ccccc1)N1CCC(COc2ccc(C(=O)N3CCCCC3)cc2)CC1. The summed E-state index contributed by atoms with van der Waals surface area (Å²) in [6.07, 6.45) is 8.83. The lowest BCUT2D eigenvalue weighted by Gasteiger charge is -2.31. The first kappa shape index (κ1) is 22.1. The lowest BCUT2D eigenvalue weighted by molar-refractivity contribution is -0.127. The second-order valence-electron chi connectivity index (χ2n) is 8.70. The van der Waals surface area contributed by atoms with Crippen LogP contribution in [0.4, 0.5) is 0 Å². The van der Waals surface area contributed by atoms with Crippen LogP contribution in [0.1, 0.15) is 48.0 Å². The number of rotatable bonds is 6. The van der Waals surface area contributed by atoms with Gasteiger partial charge in [0.05, 0.1) is 6.61 Å². The van der Waals surface area contributed by atoms with Crippen molar-refractivity contribution in [2.45, 2.75) is 32.1 Å². The summed E-state index contributed by atoms with van der Waals surface area (Å²) in [5, 5.41) is 0. The fourth-order valence-corrected chi connectivity index (χ4v) is 4.34. The van der Waals surface area contributed by atoms with Gasteiger partial charge in [0.25, 0.3) is 5.91 Å². The number of hydrogen-bond donors (Lipinski definition) is 0. The molecule has 2 heterocycles. The first-order valence-corrected chi connectivity index (χ1v) is 11.7. The van der Waals surface area contributed by atoms with Crippen LogP contribution in [-0.4, -0.2) is 54.4 Å². The van der Waals surface area contributed by atoms with Crippen LogP contribution in [0.15, 0.2) is 60.7 Å². The number of nitrogens with zero attached hydrogens (tertiary/aromatic N) is 2. The molecule has 0 atom stereocenters. The molecule has 2 amide bonds. The van der Waals surface area contributed by atoms with Crippen LogP contribution < -0.4 is 4.74 Å². The van der Waals surface area contributed by atoms with Gasteiger partial charge in [-0.05, 0) is 73.9 Å². The molecule has 2 saturated heterocycles. The van der Waals surface area contributed by atoms with Crippen LogP contribution in [0.5, 0.6) is 5.75 Å². The molecule has 0 spiro atoms. The van der Waals surface area contributed by atoms with Gasteiger partial charge >= 0.3 is 0 Å². The third-order valence-electron chi connectivity index (χ3n) is 6.37. The summed E-state index contributed by atoms with van der Waals surface area (Å²) >= 11 is 0. The van der Waals surface area contributed by atoms with Crippen molar-refractivity contribution in [3.63, 3.8) is 0 Å². The van der Waals surface area contributed by atoms with E-state index in [9.17, 15) is 9.59 Å². The van der Waals surface area contributed by atoms with E-state index < -0.39 is 0 Å². The van der Waals surface area contributed by atoms with Crippen molar-refractivity contribution in [3.05, 3.63) is 71.8 Å². The topological polar surface area (TPSA) is 49.9 Å². The number of carbonyl (C=O) groups is 2. The molecule has 5 heteroatoms. The summed E-state index contributed by atoms with van der Waals surface area (Å²) in [5.74, 6) is 1.42. The third-order valence-corrected chi connectivity index (χ3v) is 6.37. The second kappa shape index (κ2) is 11.0. The highest BCUT2D eigenvalue weighted by molar-refractivity contribution is 5.94. The minimum Gasteiger partial charge on any atom is -0.493 e. The zero-order valence-electron chi connectivity index (χ0n) is 18.6. The summed E-state index contributed by atoms with van der Waals surface area (Å²) in [5.41, 5.74) is 1.77. The number of carbonyl (C=O) groups excluding carboxylic acids is 2. The predicted octanol–water partition coefficient (Wildman–Crippen LogP) is 4.64. The standard InChI is InChI=1S/C27H32N2O3/c30-26(14-9-22-7-3-1-4-8-22)28-19-15-23(16-20-28)21-32-25-12-10-24(11-13-25)27(31)29-17-5-2-6-18-29/h1,3-4,7-14,23H,2,5-6,15-21H2/b14-9+. The number of amides is 2. The molecular formula is C27H32N2O3. The van der Waals surface area contributed by atoms with Gasteiger partial charge in [-0.3, -0.25) is 9.59 Å². The third kappa shape index (κ3) is 6.00. The maximum absolute atomic E-state index is 12.6. The summed E-state index contributed by atoms with van der Waals surface area (Å²) in [6.45, 7) is 3.88. The van der Waals surface area contributed by atoms with E-state index in [1.807, 2.05) is 70.5 Å². The van der Waals surface area contributed by atoms with Crippen molar-refractivity contribution in [2.24, 2.45) is 5.92 Å². The molecule has 2 fully saturated rings. The Bertz CT molecular complexity index is 910. The Kier molecular flexibility index (Phi) is 7.59. The van der Waals surface area contributed by atoms with E-state index in [4.69, 9.17) is 4.74 Å². The number of hydrogen-bond acceptors (Lipinski definition) is 3. The first-order valence-electron chi connectivity index (χ1n) is 11.7. The Morgan fingerprint density at radius 1 is 0.844 bits per heavy atom. The maximum Gasteiger partial charge on any atom is 0.253 e. The molecule has 32 heavy (non-hydrogen) atoms. The predicted molar refractivity (Wildman–Crippen MR) is 126 cm³/mol.